The number of fused-ring (bicyclic) bond motifs is 1. The second-order valence-electron chi connectivity index (χ2n) is 5.86. The van der Waals surface area contributed by atoms with Crippen molar-refractivity contribution in [2.24, 2.45) is 7.05 Å². The zero-order valence-electron chi connectivity index (χ0n) is 13.0. The summed E-state index contributed by atoms with van der Waals surface area (Å²) in [4.78, 5) is 19.4. The molecule has 0 fully saturated rings. The number of hydrogen-bond acceptors (Lipinski definition) is 2. The first kappa shape index (κ1) is 13.8. The molecule has 3 aromatic rings. The van der Waals surface area contributed by atoms with Gasteiger partial charge in [-0.05, 0) is 17.7 Å². The minimum atomic E-state index is 0.0142. The molecule has 3 heterocycles. The Kier molecular flexibility index (Phi) is 3.26. The molecule has 0 radical (unpaired) electrons. The van der Waals surface area contributed by atoms with E-state index < -0.39 is 0 Å². The van der Waals surface area contributed by atoms with Crippen LogP contribution in [0.1, 0.15) is 27.9 Å². The van der Waals surface area contributed by atoms with E-state index in [4.69, 9.17) is 0 Å². The first-order valence-corrected chi connectivity index (χ1v) is 7.71. The molecule has 0 aliphatic carbocycles. The maximum atomic E-state index is 13.1. The van der Waals surface area contributed by atoms with Gasteiger partial charge in [-0.2, -0.15) is 0 Å². The highest BCUT2D eigenvalue weighted by molar-refractivity contribution is 5.93. The number of amides is 1. The van der Waals surface area contributed by atoms with E-state index in [9.17, 15) is 4.79 Å². The summed E-state index contributed by atoms with van der Waals surface area (Å²) in [7, 11) is 1.90. The van der Waals surface area contributed by atoms with Crippen LogP contribution in [-0.2, 0) is 20.1 Å². The Hall–Kier alpha value is -2.82. The van der Waals surface area contributed by atoms with Crippen molar-refractivity contribution in [3.8, 4) is 0 Å². The minimum absolute atomic E-state index is 0.0142. The number of aryl methyl sites for hydroxylation is 1. The molecule has 1 atom stereocenters. The lowest BCUT2D eigenvalue weighted by atomic mass is 10.0. The summed E-state index contributed by atoms with van der Waals surface area (Å²) in [6, 6.07) is 14.0. The minimum Gasteiger partial charge on any atom is -0.347 e. The summed E-state index contributed by atoms with van der Waals surface area (Å²) in [6.45, 7) is 1.26. The SMILES string of the molecule is Cn1cccc1C(=O)N1Cc2nccn2CC1c1ccccc1. The highest BCUT2D eigenvalue weighted by atomic mass is 16.2. The van der Waals surface area contributed by atoms with Crippen LogP contribution in [0.3, 0.4) is 0 Å². The predicted molar refractivity (Wildman–Crippen MR) is 86.7 cm³/mol. The third-order valence-electron chi connectivity index (χ3n) is 4.47. The Bertz CT molecular complexity index is 834. The second-order valence-corrected chi connectivity index (χ2v) is 5.86. The fourth-order valence-electron chi connectivity index (χ4n) is 3.21. The number of carbonyl (C=O) groups excluding carboxylic acids is 1. The zero-order chi connectivity index (χ0) is 15.8. The molecule has 1 unspecified atom stereocenters. The second kappa shape index (κ2) is 5.43. The van der Waals surface area contributed by atoms with E-state index in [-0.39, 0.29) is 11.9 Å². The van der Waals surface area contributed by atoms with E-state index in [0.29, 0.717) is 12.2 Å². The quantitative estimate of drug-likeness (QED) is 0.730. The van der Waals surface area contributed by atoms with Gasteiger partial charge in [0.25, 0.3) is 5.91 Å². The van der Waals surface area contributed by atoms with E-state index in [1.807, 2.05) is 59.2 Å². The molecular weight excluding hydrogens is 288 g/mol. The van der Waals surface area contributed by atoms with E-state index >= 15 is 0 Å². The van der Waals surface area contributed by atoms with Crippen LogP contribution in [0.15, 0.2) is 61.1 Å². The lowest BCUT2D eigenvalue weighted by molar-refractivity contribution is 0.0574. The molecule has 116 valence electrons. The number of nitrogens with zero attached hydrogens (tertiary/aromatic N) is 4. The maximum Gasteiger partial charge on any atom is 0.271 e. The van der Waals surface area contributed by atoms with Crippen LogP contribution in [-0.4, -0.2) is 24.9 Å². The average Bonchev–Trinajstić information content (AvgIpc) is 3.22. The van der Waals surface area contributed by atoms with E-state index in [2.05, 4.69) is 21.7 Å². The van der Waals surface area contributed by atoms with Gasteiger partial charge in [0.15, 0.2) is 0 Å². The summed E-state index contributed by atoms with van der Waals surface area (Å²) < 4.78 is 4.00. The normalized spacial score (nSPS) is 17.1. The standard InChI is InChI=1S/C18H18N4O/c1-20-10-5-8-15(20)18(23)22-13-17-19-9-11-21(17)12-16(22)14-6-3-2-4-7-14/h2-11,16H,12-13H2,1H3. The highest BCUT2D eigenvalue weighted by Gasteiger charge is 2.32. The molecule has 5 nitrogen and oxygen atoms in total. The van der Waals surface area contributed by atoms with Gasteiger partial charge in [0, 0.05) is 32.2 Å². The van der Waals surface area contributed by atoms with Crippen LogP contribution in [0, 0.1) is 0 Å². The van der Waals surface area contributed by atoms with Crippen LogP contribution < -0.4 is 0 Å². The zero-order valence-corrected chi connectivity index (χ0v) is 13.0. The van der Waals surface area contributed by atoms with Crippen LogP contribution in [0.2, 0.25) is 0 Å². The summed E-state index contributed by atoms with van der Waals surface area (Å²) >= 11 is 0. The average molecular weight is 306 g/mol. The highest BCUT2D eigenvalue weighted by Crippen LogP contribution is 2.30. The molecule has 0 bridgehead atoms. The first-order chi connectivity index (χ1) is 11.2. The predicted octanol–water partition coefficient (Wildman–Crippen LogP) is 2.62. The van der Waals surface area contributed by atoms with Crippen molar-refractivity contribution in [1.82, 2.24) is 19.0 Å². The number of carbonyl (C=O) groups is 1. The van der Waals surface area contributed by atoms with Gasteiger partial charge in [-0.3, -0.25) is 4.79 Å². The van der Waals surface area contributed by atoms with Gasteiger partial charge < -0.3 is 14.0 Å². The Balaban J connectivity index is 1.75. The first-order valence-electron chi connectivity index (χ1n) is 7.71. The lowest BCUT2D eigenvalue weighted by Gasteiger charge is -2.36. The summed E-state index contributed by atoms with van der Waals surface area (Å²) in [6.07, 6.45) is 5.68. The molecule has 0 saturated carbocycles. The van der Waals surface area contributed by atoms with Crippen LogP contribution in [0.25, 0.3) is 0 Å². The summed E-state index contributed by atoms with van der Waals surface area (Å²) in [5.41, 5.74) is 1.85. The fraction of sp³-hybridized carbons (Fsp3) is 0.222. The van der Waals surface area contributed by atoms with Crippen molar-refractivity contribution in [3.05, 3.63) is 78.1 Å². The number of benzene rings is 1. The van der Waals surface area contributed by atoms with Gasteiger partial charge in [-0.1, -0.05) is 30.3 Å². The van der Waals surface area contributed by atoms with E-state index in [0.717, 1.165) is 17.9 Å². The Morgan fingerprint density at radius 1 is 1.13 bits per heavy atom. The molecule has 1 aliphatic heterocycles. The molecule has 1 aliphatic rings. The third kappa shape index (κ3) is 2.34. The van der Waals surface area contributed by atoms with Crippen molar-refractivity contribution in [2.45, 2.75) is 19.1 Å². The molecule has 0 N–H and O–H groups in total. The lowest BCUT2D eigenvalue weighted by Crippen LogP contribution is -2.41. The molecule has 0 saturated heterocycles. The van der Waals surface area contributed by atoms with Gasteiger partial charge in [-0.15, -0.1) is 0 Å². The van der Waals surface area contributed by atoms with Gasteiger partial charge >= 0.3 is 0 Å². The van der Waals surface area contributed by atoms with Gasteiger partial charge in [0.1, 0.15) is 11.5 Å². The number of aromatic nitrogens is 3. The molecule has 1 amide bonds. The van der Waals surface area contributed by atoms with Gasteiger partial charge in [0.05, 0.1) is 12.6 Å². The van der Waals surface area contributed by atoms with Crippen molar-refractivity contribution >= 4 is 5.91 Å². The third-order valence-corrected chi connectivity index (χ3v) is 4.47. The van der Waals surface area contributed by atoms with Crippen molar-refractivity contribution in [2.75, 3.05) is 0 Å². The topological polar surface area (TPSA) is 43.1 Å². The summed E-state index contributed by atoms with van der Waals surface area (Å²) in [5.74, 6) is 0.973. The van der Waals surface area contributed by atoms with Gasteiger partial charge in [0.2, 0.25) is 0 Å². The van der Waals surface area contributed by atoms with Crippen LogP contribution in [0.4, 0.5) is 0 Å². The van der Waals surface area contributed by atoms with Crippen molar-refractivity contribution in [3.63, 3.8) is 0 Å². The molecular formula is C18H18N4O. The molecule has 4 rings (SSSR count). The molecule has 2 aromatic heterocycles. The largest absolute Gasteiger partial charge is 0.347 e. The van der Waals surface area contributed by atoms with E-state index in [1.54, 1.807) is 6.20 Å². The smallest absolute Gasteiger partial charge is 0.271 e. The maximum absolute atomic E-state index is 13.1. The van der Waals surface area contributed by atoms with Crippen molar-refractivity contribution < 1.29 is 4.79 Å². The molecule has 23 heavy (non-hydrogen) atoms. The molecule has 5 heteroatoms. The fourth-order valence-corrected chi connectivity index (χ4v) is 3.21. The van der Waals surface area contributed by atoms with Crippen molar-refractivity contribution in [1.29, 1.82) is 0 Å². The molecule has 0 spiro atoms. The molecule has 1 aromatic carbocycles. The Morgan fingerprint density at radius 3 is 2.70 bits per heavy atom. The number of hydrogen-bond donors (Lipinski definition) is 0. The van der Waals surface area contributed by atoms with Crippen LogP contribution in [0.5, 0.6) is 0 Å². The van der Waals surface area contributed by atoms with Crippen LogP contribution >= 0.6 is 0 Å². The Labute approximate surface area is 134 Å². The summed E-state index contributed by atoms with van der Waals surface area (Å²) in [5, 5.41) is 0. The Morgan fingerprint density at radius 2 is 1.96 bits per heavy atom. The monoisotopic (exact) mass is 306 g/mol. The number of imidazole rings is 1. The number of rotatable bonds is 2. The van der Waals surface area contributed by atoms with Gasteiger partial charge in [-0.25, -0.2) is 4.98 Å². The van der Waals surface area contributed by atoms with E-state index in [1.165, 1.54) is 0 Å².